The quantitative estimate of drug-likeness (QED) is 0.671. The van der Waals surface area contributed by atoms with E-state index in [1.54, 1.807) is 12.1 Å². The van der Waals surface area contributed by atoms with E-state index in [-0.39, 0.29) is 17.9 Å². The second kappa shape index (κ2) is 5.05. The van der Waals surface area contributed by atoms with Crippen molar-refractivity contribution < 1.29 is 4.39 Å². The molecular formula is C16H12BrClFN3. The summed E-state index contributed by atoms with van der Waals surface area (Å²) >= 11 is 9.57. The summed E-state index contributed by atoms with van der Waals surface area (Å²) in [6, 6.07) is 10.1. The van der Waals surface area contributed by atoms with Crippen LogP contribution in [0.3, 0.4) is 0 Å². The van der Waals surface area contributed by atoms with Crippen molar-refractivity contribution >= 4 is 38.6 Å². The lowest BCUT2D eigenvalue weighted by Gasteiger charge is -2.17. The standard InChI is InChI=1S/C16H12BrClFN3/c17-9-2-1-3-10(19)15(9)14-7-11(20)16-21-12-5-4-8(18)6-13(12)22(14)16/h1-6,11,14H,7,20H2/t11-,14-/m1/s1. The van der Waals surface area contributed by atoms with Gasteiger partial charge in [-0.1, -0.05) is 33.6 Å². The molecule has 0 unspecified atom stereocenters. The van der Waals surface area contributed by atoms with Gasteiger partial charge in [-0.3, -0.25) is 0 Å². The van der Waals surface area contributed by atoms with Gasteiger partial charge in [0.05, 0.1) is 23.1 Å². The normalized spacial score (nSPS) is 20.5. The molecule has 1 aromatic heterocycles. The summed E-state index contributed by atoms with van der Waals surface area (Å²) in [6.07, 6.45) is 0.615. The van der Waals surface area contributed by atoms with Crippen LogP contribution < -0.4 is 5.73 Å². The summed E-state index contributed by atoms with van der Waals surface area (Å²) in [7, 11) is 0. The summed E-state index contributed by atoms with van der Waals surface area (Å²) in [5.74, 6) is 0.528. The van der Waals surface area contributed by atoms with Crippen LogP contribution in [0, 0.1) is 5.82 Å². The molecule has 0 fully saturated rings. The molecule has 0 radical (unpaired) electrons. The number of nitrogens with two attached hydrogens (primary N) is 1. The molecule has 0 amide bonds. The first-order chi connectivity index (χ1) is 10.6. The summed E-state index contributed by atoms with van der Waals surface area (Å²) in [5, 5.41) is 0.627. The van der Waals surface area contributed by atoms with Gasteiger partial charge in [0.25, 0.3) is 0 Å². The first-order valence-electron chi connectivity index (χ1n) is 6.93. The molecule has 112 valence electrons. The smallest absolute Gasteiger partial charge is 0.129 e. The van der Waals surface area contributed by atoms with Crippen LogP contribution >= 0.6 is 27.5 Å². The van der Waals surface area contributed by atoms with Crippen molar-refractivity contribution in [3.8, 4) is 0 Å². The second-order valence-electron chi connectivity index (χ2n) is 5.47. The van der Waals surface area contributed by atoms with Crippen molar-refractivity contribution in [2.45, 2.75) is 18.5 Å². The maximum Gasteiger partial charge on any atom is 0.129 e. The Balaban J connectivity index is 2.00. The van der Waals surface area contributed by atoms with Crippen molar-refractivity contribution in [1.29, 1.82) is 0 Å². The highest BCUT2D eigenvalue weighted by molar-refractivity contribution is 9.10. The van der Waals surface area contributed by atoms with Crippen molar-refractivity contribution in [1.82, 2.24) is 9.55 Å². The number of imidazole rings is 1. The molecule has 2 heterocycles. The summed E-state index contributed by atoms with van der Waals surface area (Å²) in [5.41, 5.74) is 8.54. The van der Waals surface area contributed by atoms with Crippen LogP contribution in [-0.2, 0) is 0 Å². The first kappa shape index (κ1) is 14.2. The van der Waals surface area contributed by atoms with Crippen LogP contribution in [0.2, 0.25) is 5.02 Å². The van der Waals surface area contributed by atoms with Crippen molar-refractivity contribution in [2.75, 3.05) is 0 Å². The van der Waals surface area contributed by atoms with Gasteiger partial charge in [-0.2, -0.15) is 0 Å². The van der Waals surface area contributed by atoms with Gasteiger partial charge in [0.2, 0.25) is 0 Å². The van der Waals surface area contributed by atoms with Gasteiger partial charge in [0.15, 0.2) is 0 Å². The molecule has 0 bridgehead atoms. The average molecular weight is 381 g/mol. The zero-order valence-corrected chi connectivity index (χ0v) is 13.8. The third-order valence-corrected chi connectivity index (χ3v) is 5.06. The van der Waals surface area contributed by atoms with Gasteiger partial charge in [-0.15, -0.1) is 0 Å². The zero-order chi connectivity index (χ0) is 15.4. The molecule has 2 atom stereocenters. The lowest BCUT2D eigenvalue weighted by atomic mass is 10.0. The number of aromatic nitrogens is 2. The van der Waals surface area contributed by atoms with Crippen LogP contribution in [0.4, 0.5) is 4.39 Å². The van der Waals surface area contributed by atoms with E-state index >= 15 is 0 Å². The Morgan fingerprint density at radius 2 is 2.14 bits per heavy atom. The Kier molecular flexibility index (Phi) is 3.25. The minimum absolute atomic E-state index is 0.191. The molecule has 0 saturated carbocycles. The number of benzene rings is 2. The average Bonchev–Trinajstić information content (AvgIpc) is 2.98. The van der Waals surface area contributed by atoms with E-state index in [0.29, 0.717) is 17.0 Å². The van der Waals surface area contributed by atoms with Crippen LogP contribution in [0.25, 0.3) is 11.0 Å². The first-order valence-corrected chi connectivity index (χ1v) is 8.10. The van der Waals surface area contributed by atoms with Crippen LogP contribution in [0.1, 0.15) is 29.9 Å². The van der Waals surface area contributed by atoms with E-state index in [1.807, 2.05) is 22.8 Å². The molecule has 2 N–H and O–H groups in total. The van der Waals surface area contributed by atoms with Gasteiger partial charge in [0.1, 0.15) is 11.6 Å². The molecule has 1 aliphatic heterocycles. The topological polar surface area (TPSA) is 43.8 Å². The largest absolute Gasteiger partial charge is 0.321 e. The van der Waals surface area contributed by atoms with Gasteiger partial charge in [-0.05, 0) is 36.8 Å². The fraction of sp³-hybridized carbons (Fsp3) is 0.188. The fourth-order valence-corrected chi connectivity index (χ4v) is 3.97. The maximum absolute atomic E-state index is 14.4. The highest BCUT2D eigenvalue weighted by Crippen LogP contribution is 2.43. The van der Waals surface area contributed by atoms with Crippen molar-refractivity contribution in [3.05, 3.63) is 63.1 Å². The van der Waals surface area contributed by atoms with Crippen LogP contribution in [-0.4, -0.2) is 9.55 Å². The second-order valence-corrected chi connectivity index (χ2v) is 6.76. The number of hydrogen-bond acceptors (Lipinski definition) is 2. The van der Waals surface area contributed by atoms with E-state index in [4.69, 9.17) is 17.3 Å². The van der Waals surface area contributed by atoms with E-state index < -0.39 is 0 Å². The van der Waals surface area contributed by atoms with Gasteiger partial charge < -0.3 is 10.3 Å². The van der Waals surface area contributed by atoms with Crippen molar-refractivity contribution in [2.24, 2.45) is 5.73 Å². The highest BCUT2D eigenvalue weighted by atomic mass is 79.9. The molecule has 6 heteroatoms. The Hall–Kier alpha value is -1.43. The van der Waals surface area contributed by atoms with E-state index in [0.717, 1.165) is 21.3 Å². The highest BCUT2D eigenvalue weighted by Gasteiger charge is 2.35. The number of halogens is 3. The molecule has 3 aromatic rings. The summed E-state index contributed by atoms with van der Waals surface area (Å²) < 4.78 is 17.1. The third kappa shape index (κ3) is 2.00. The van der Waals surface area contributed by atoms with Gasteiger partial charge >= 0.3 is 0 Å². The SMILES string of the molecule is N[C@@H]1C[C@H](c2c(F)cccc2Br)n2c1nc1ccc(Cl)cc12. The third-order valence-electron chi connectivity index (χ3n) is 4.13. The predicted octanol–water partition coefficient (Wildman–Crippen LogP) is 4.58. The zero-order valence-electron chi connectivity index (χ0n) is 11.4. The maximum atomic E-state index is 14.4. The number of rotatable bonds is 1. The van der Waals surface area contributed by atoms with E-state index in [2.05, 4.69) is 20.9 Å². The molecular weight excluding hydrogens is 369 g/mol. The van der Waals surface area contributed by atoms with Crippen LogP contribution in [0.5, 0.6) is 0 Å². The van der Waals surface area contributed by atoms with Gasteiger partial charge in [0, 0.05) is 15.1 Å². The Morgan fingerprint density at radius 1 is 1.32 bits per heavy atom. The van der Waals surface area contributed by atoms with Crippen molar-refractivity contribution in [3.63, 3.8) is 0 Å². The summed E-state index contributed by atoms with van der Waals surface area (Å²) in [4.78, 5) is 4.59. The van der Waals surface area contributed by atoms with Gasteiger partial charge in [-0.25, -0.2) is 9.37 Å². The van der Waals surface area contributed by atoms with E-state index in [9.17, 15) is 4.39 Å². The summed E-state index contributed by atoms with van der Waals surface area (Å²) in [6.45, 7) is 0. The minimum atomic E-state index is -0.247. The number of hydrogen-bond donors (Lipinski definition) is 1. The molecule has 0 saturated heterocycles. The fourth-order valence-electron chi connectivity index (χ4n) is 3.20. The number of fused-ring (bicyclic) bond motifs is 3. The lowest BCUT2D eigenvalue weighted by molar-refractivity contribution is 0.538. The molecule has 3 nitrogen and oxygen atoms in total. The molecule has 0 aliphatic carbocycles. The van der Waals surface area contributed by atoms with Crippen LogP contribution in [0.15, 0.2) is 40.9 Å². The molecule has 2 aromatic carbocycles. The Bertz CT molecular complexity index is 872. The monoisotopic (exact) mass is 379 g/mol. The molecule has 0 spiro atoms. The Labute approximate surface area is 140 Å². The predicted molar refractivity (Wildman–Crippen MR) is 88.5 cm³/mol. The number of nitrogens with zero attached hydrogens (tertiary/aromatic N) is 2. The molecule has 4 rings (SSSR count). The molecule has 22 heavy (non-hydrogen) atoms. The Morgan fingerprint density at radius 3 is 2.91 bits per heavy atom. The lowest BCUT2D eigenvalue weighted by Crippen LogP contribution is -2.09. The minimum Gasteiger partial charge on any atom is -0.321 e. The van der Waals surface area contributed by atoms with E-state index in [1.165, 1.54) is 6.07 Å². The molecule has 1 aliphatic rings.